The van der Waals surface area contributed by atoms with Crippen molar-refractivity contribution in [3.8, 4) is 5.69 Å². The van der Waals surface area contributed by atoms with Gasteiger partial charge in [0.2, 0.25) is 11.0 Å². The number of anilines is 1. The molecule has 0 aliphatic rings. The third kappa shape index (κ3) is 3.56. The maximum atomic E-state index is 11.9. The summed E-state index contributed by atoms with van der Waals surface area (Å²) in [4.78, 5) is 11.9. The van der Waals surface area contributed by atoms with E-state index in [4.69, 9.17) is 0 Å². The molecule has 1 N–H and O–H groups in total. The van der Waals surface area contributed by atoms with Crippen molar-refractivity contribution in [1.29, 1.82) is 0 Å². The predicted octanol–water partition coefficient (Wildman–Crippen LogP) is 2.60. The number of nitrogens with zero attached hydrogens (tertiary/aromatic N) is 4. The molecule has 1 amide bonds. The summed E-state index contributed by atoms with van der Waals surface area (Å²) in [5.74, 6) is -0.0661. The van der Waals surface area contributed by atoms with Gasteiger partial charge in [0, 0.05) is 12.6 Å². The lowest BCUT2D eigenvalue weighted by Crippen LogP contribution is -2.12. The Morgan fingerprint density at radius 3 is 2.82 bits per heavy atom. The molecular weight excluding hydrogens is 298 g/mol. The molecule has 2 aromatic heterocycles. The monoisotopic (exact) mass is 313 g/mol. The minimum Gasteiger partial charge on any atom is -0.301 e. The van der Waals surface area contributed by atoms with Gasteiger partial charge in [-0.15, -0.1) is 10.2 Å². The molecule has 0 atom stereocenters. The lowest BCUT2D eigenvalue weighted by molar-refractivity contribution is -0.116. The number of para-hydroxylation sites is 1. The SMILES string of the molecule is Cc1nnc(NC(=O)CCc2cnn(-c3ccccc3)c2)s1. The molecule has 112 valence electrons. The van der Waals surface area contributed by atoms with Crippen LogP contribution in [0.4, 0.5) is 5.13 Å². The van der Waals surface area contributed by atoms with E-state index in [2.05, 4.69) is 20.6 Å². The van der Waals surface area contributed by atoms with E-state index in [1.165, 1.54) is 11.3 Å². The first-order chi connectivity index (χ1) is 10.7. The molecule has 0 fully saturated rings. The van der Waals surface area contributed by atoms with E-state index >= 15 is 0 Å². The molecule has 6 nitrogen and oxygen atoms in total. The zero-order valence-corrected chi connectivity index (χ0v) is 12.9. The van der Waals surface area contributed by atoms with Gasteiger partial charge in [-0.2, -0.15) is 5.10 Å². The zero-order valence-electron chi connectivity index (χ0n) is 12.1. The van der Waals surface area contributed by atoms with Crippen LogP contribution < -0.4 is 5.32 Å². The Labute approximate surface area is 131 Å². The summed E-state index contributed by atoms with van der Waals surface area (Å²) in [5, 5.41) is 16.2. The van der Waals surface area contributed by atoms with Gasteiger partial charge in [0.05, 0.1) is 11.9 Å². The maximum Gasteiger partial charge on any atom is 0.226 e. The predicted molar refractivity (Wildman–Crippen MR) is 85.2 cm³/mol. The average molecular weight is 313 g/mol. The van der Waals surface area contributed by atoms with Gasteiger partial charge in [-0.05, 0) is 31.0 Å². The Balaban J connectivity index is 1.56. The molecule has 0 bridgehead atoms. The Bertz CT molecular complexity index is 765. The van der Waals surface area contributed by atoms with Crippen LogP contribution in [-0.4, -0.2) is 25.9 Å². The summed E-state index contributed by atoms with van der Waals surface area (Å²) in [6, 6.07) is 9.87. The first kappa shape index (κ1) is 14.4. The molecule has 3 rings (SSSR count). The second kappa shape index (κ2) is 6.48. The quantitative estimate of drug-likeness (QED) is 0.786. The van der Waals surface area contributed by atoms with Gasteiger partial charge in [0.1, 0.15) is 5.01 Å². The van der Waals surface area contributed by atoms with Gasteiger partial charge in [-0.1, -0.05) is 29.5 Å². The van der Waals surface area contributed by atoms with E-state index in [1.54, 1.807) is 10.9 Å². The van der Waals surface area contributed by atoms with Crippen LogP contribution in [0.15, 0.2) is 42.7 Å². The van der Waals surface area contributed by atoms with Crippen LogP contribution in [0.25, 0.3) is 5.69 Å². The molecule has 0 aliphatic carbocycles. The summed E-state index contributed by atoms with van der Waals surface area (Å²) in [5.41, 5.74) is 2.02. The van der Waals surface area contributed by atoms with Gasteiger partial charge < -0.3 is 5.32 Å². The number of carbonyl (C=O) groups excluding carboxylic acids is 1. The van der Waals surface area contributed by atoms with E-state index in [-0.39, 0.29) is 5.91 Å². The van der Waals surface area contributed by atoms with Crippen molar-refractivity contribution in [2.24, 2.45) is 0 Å². The normalized spacial score (nSPS) is 10.6. The molecule has 3 aromatic rings. The molecule has 0 saturated carbocycles. The minimum absolute atomic E-state index is 0.0661. The van der Waals surface area contributed by atoms with E-state index in [1.807, 2.05) is 43.5 Å². The number of aryl methyl sites for hydroxylation is 2. The minimum atomic E-state index is -0.0661. The first-order valence-corrected chi connectivity index (χ1v) is 7.71. The van der Waals surface area contributed by atoms with Crippen molar-refractivity contribution in [2.75, 3.05) is 5.32 Å². The smallest absolute Gasteiger partial charge is 0.226 e. The highest BCUT2D eigenvalue weighted by Gasteiger charge is 2.08. The number of amides is 1. The summed E-state index contributed by atoms with van der Waals surface area (Å²) in [7, 11) is 0. The average Bonchev–Trinajstić information content (AvgIpc) is 3.15. The number of rotatable bonds is 5. The molecular formula is C15H15N5OS. The van der Waals surface area contributed by atoms with E-state index < -0.39 is 0 Å². The standard InChI is InChI=1S/C15H15N5OS/c1-11-18-19-15(22-11)17-14(21)8-7-12-9-16-20(10-12)13-5-3-2-4-6-13/h2-6,9-10H,7-8H2,1H3,(H,17,19,21). The molecule has 1 aromatic carbocycles. The Morgan fingerprint density at radius 2 is 2.09 bits per heavy atom. The number of hydrogen-bond acceptors (Lipinski definition) is 5. The van der Waals surface area contributed by atoms with Crippen LogP contribution in [0.5, 0.6) is 0 Å². The highest BCUT2D eigenvalue weighted by molar-refractivity contribution is 7.15. The molecule has 7 heteroatoms. The zero-order chi connectivity index (χ0) is 15.4. The number of aromatic nitrogens is 4. The second-order valence-corrected chi connectivity index (χ2v) is 5.98. The Morgan fingerprint density at radius 1 is 1.27 bits per heavy atom. The maximum absolute atomic E-state index is 11.9. The molecule has 0 radical (unpaired) electrons. The van der Waals surface area contributed by atoms with Crippen LogP contribution in [0.1, 0.15) is 17.0 Å². The molecule has 2 heterocycles. The number of benzene rings is 1. The fourth-order valence-electron chi connectivity index (χ4n) is 2.00. The van der Waals surface area contributed by atoms with Gasteiger partial charge in [-0.25, -0.2) is 4.68 Å². The van der Waals surface area contributed by atoms with Gasteiger partial charge in [0.15, 0.2) is 0 Å². The third-order valence-electron chi connectivity index (χ3n) is 3.07. The summed E-state index contributed by atoms with van der Waals surface area (Å²) < 4.78 is 1.81. The van der Waals surface area contributed by atoms with E-state index in [0.717, 1.165) is 16.3 Å². The van der Waals surface area contributed by atoms with Gasteiger partial charge in [0.25, 0.3) is 0 Å². The number of nitrogens with one attached hydrogen (secondary N) is 1. The van der Waals surface area contributed by atoms with Gasteiger partial charge >= 0.3 is 0 Å². The third-order valence-corrected chi connectivity index (χ3v) is 3.82. The van der Waals surface area contributed by atoms with Crippen LogP contribution in [0, 0.1) is 6.92 Å². The lowest BCUT2D eigenvalue weighted by atomic mass is 10.2. The second-order valence-electron chi connectivity index (χ2n) is 4.80. The fraction of sp³-hybridized carbons (Fsp3) is 0.200. The number of hydrogen-bond donors (Lipinski definition) is 1. The first-order valence-electron chi connectivity index (χ1n) is 6.89. The highest BCUT2D eigenvalue weighted by Crippen LogP contribution is 2.14. The molecule has 0 saturated heterocycles. The van der Waals surface area contributed by atoms with Crippen molar-refractivity contribution in [3.63, 3.8) is 0 Å². The Kier molecular flexibility index (Phi) is 4.24. The van der Waals surface area contributed by atoms with Crippen molar-refractivity contribution in [2.45, 2.75) is 19.8 Å². The highest BCUT2D eigenvalue weighted by atomic mass is 32.1. The van der Waals surface area contributed by atoms with Crippen LogP contribution in [0.3, 0.4) is 0 Å². The Hall–Kier alpha value is -2.54. The number of carbonyl (C=O) groups is 1. The van der Waals surface area contributed by atoms with E-state index in [0.29, 0.717) is 18.0 Å². The molecule has 22 heavy (non-hydrogen) atoms. The van der Waals surface area contributed by atoms with Gasteiger partial charge in [-0.3, -0.25) is 4.79 Å². The van der Waals surface area contributed by atoms with Crippen LogP contribution >= 0.6 is 11.3 Å². The van der Waals surface area contributed by atoms with Crippen molar-refractivity contribution in [3.05, 3.63) is 53.3 Å². The van der Waals surface area contributed by atoms with Crippen molar-refractivity contribution >= 4 is 22.4 Å². The molecule has 0 unspecified atom stereocenters. The molecule has 0 spiro atoms. The summed E-state index contributed by atoms with van der Waals surface area (Å²) >= 11 is 1.37. The largest absolute Gasteiger partial charge is 0.301 e. The summed E-state index contributed by atoms with van der Waals surface area (Å²) in [6.07, 6.45) is 4.75. The van der Waals surface area contributed by atoms with Crippen LogP contribution in [-0.2, 0) is 11.2 Å². The van der Waals surface area contributed by atoms with E-state index in [9.17, 15) is 4.79 Å². The summed E-state index contributed by atoms with van der Waals surface area (Å²) in [6.45, 7) is 1.85. The van der Waals surface area contributed by atoms with Crippen molar-refractivity contribution in [1.82, 2.24) is 20.0 Å². The lowest BCUT2D eigenvalue weighted by Gasteiger charge is -2.00. The molecule has 0 aliphatic heterocycles. The van der Waals surface area contributed by atoms with Crippen molar-refractivity contribution < 1.29 is 4.79 Å². The van der Waals surface area contributed by atoms with Crippen LogP contribution in [0.2, 0.25) is 0 Å². The fourth-order valence-corrected chi connectivity index (χ4v) is 2.61. The topological polar surface area (TPSA) is 72.7 Å².